The maximum atomic E-state index is 10.1. The third-order valence-corrected chi connectivity index (χ3v) is 2.77. The number of rotatable bonds is 2. The van der Waals surface area contributed by atoms with Crippen LogP contribution in [0.15, 0.2) is 5.10 Å². The van der Waals surface area contributed by atoms with Crippen molar-refractivity contribution in [2.45, 2.75) is 18.2 Å². The molecule has 0 bridgehead atoms. The van der Waals surface area contributed by atoms with Crippen molar-refractivity contribution in [3.05, 3.63) is 10.1 Å². The van der Waals surface area contributed by atoms with Gasteiger partial charge in [-0.15, -0.1) is 0 Å². The standard InChI is InChI=1S/C6H10N4O4/c11-4(12)6-1-2-9(6)5(7-3-6)8-10(13)14/h4,11-12H,1-3H2,(H,7,8). The summed E-state index contributed by atoms with van der Waals surface area (Å²) in [5.74, 6) is 0.106. The third kappa shape index (κ3) is 1.04. The first kappa shape index (κ1) is 9.16. The molecule has 0 aromatic carbocycles. The first-order valence-electron chi connectivity index (χ1n) is 4.17. The van der Waals surface area contributed by atoms with Gasteiger partial charge in [-0.2, -0.15) is 0 Å². The minimum atomic E-state index is -1.51. The quantitative estimate of drug-likeness (QED) is 0.268. The van der Waals surface area contributed by atoms with Crippen molar-refractivity contribution in [2.24, 2.45) is 5.10 Å². The average molecular weight is 202 g/mol. The van der Waals surface area contributed by atoms with Gasteiger partial charge in [0.1, 0.15) is 10.6 Å². The molecule has 2 aliphatic rings. The van der Waals surface area contributed by atoms with Crippen molar-refractivity contribution in [2.75, 3.05) is 13.1 Å². The van der Waals surface area contributed by atoms with Crippen molar-refractivity contribution in [3.8, 4) is 0 Å². The molecular weight excluding hydrogens is 192 g/mol. The van der Waals surface area contributed by atoms with E-state index in [0.29, 0.717) is 13.0 Å². The summed E-state index contributed by atoms with van der Waals surface area (Å²) in [6, 6.07) is 0. The summed E-state index contributed by atoms with van der Waals surface area (Å²) in [6.45, 7) is 0.828. The van der Waals surface area contributed by atoms with E-state index in [1.54, 1.807) is 0 Å². The van der Waals surface area contributed by atoms with Gasteiger partial charge in [-0.25, -0.2) is 10.1 Å². The topological polar surface area (TPSA) is 111 Å². The van der Waals surface area contributed by atoms with Gasteiger partial charge in [-0.1, -0.05) is 0 Å². The lowest BCUT2D eigenvalue weighted by molar-refractivity contribution is -0.486. The first-order chi connectivity index (χ1) is 6.56. The Balaban J connectivity index is 2.20. The molecule has 0 aromatic rings. The summed E-state index contributed by atoms with van der Waals surface area (Å²) in [7, 11) is 0. The van der Waals surface area contributed by atoms with E-state index in [2.05, 4.69) is 10.4 Å². The molecule has 0 amide bonds. The molecule has 3 N–H and O–H groups in total. The minimum Gasteiger partial charge on any atom is -0.366 e. The maximum Gasteiger partial charge on any atom is 0.272 e. The molecule has 1 unspecified atom stereocenters. The molecule has 0 spiro atoms. The second-order valence-electron chi connectivity index (χ2n) is 3.39. The lowest BCUT2D eigenvalue weighted by atomic mass is 9.86. The van der Waals surface area contributed by atoms with Crippen LogP contribution < -0.4 is 5.32 Å². The van der Waals surface area contributed by atoms with Gasteiger partial charge in [0.2, 0.25) is 0 Å². The van der Waals surface area contributed by atoms with Gasteiger partial charge in [0, 0.05) is 13.1 Å². The SMILES string of the molecule is O=[N+]([O-])N=C1NCC2(C(O)O)CCN12. The molecule has 2 fully saturated rings. The Labute approximate surface area is 79.0 Å². The fraction of sp³-hybridized carbons (Fsp3) is 0.833. The number of fused-ring (bicyclic) bond motifs is 1. The highest BCUT2D eigenvalue weighted by Crippen LogP contribution is 2.36. The highest BCUT2D eigenvalue weighted by molar-refractivity contribution is 5.84. The van der Waals surface area contributed by atoms with Gasteiger partial charge in [0.25, 0.3) is 5.96 Å². The van der Waals surface area contributed by atoms with Gasteiger partial charge in [0.15, 0.2) is 11.3 Å². The highest BCUT2D eigenvalue weighted by Gasteiger charge is 2.56. The van der Waals surface area contributed by atoms with Crippen LogP contribution in [0.5, 0.6) is 0 Å². The molecule has 1 atom stereocenters. The maximum absolute atomic E-state index is 10.1. The van der Waals surface area contributed by atoms with E-state index in [1.165, 1.54) is 4.90 Å². The molecule has 2 rings (SSSR count). The fourth-order valence-corrected chi connectivity index (χ4v) is 1.87. The third-order valence-electron chi connectivity index (χ3n) is 2.77. The van der Waals surface area contributed by atoms with E-state index < -0.39 is 16.9 Å². The Bertz CT molecular complexity index is 304. The number of guanidine groups is 1. The van der Waals surface area contributed by atoms with Crippen LogP contribution in [0.4, 0.5) is 0 Å². The molecular formula is C6H10N4O4. The van der Waals surface area contributed by atoms with Crippen molar-refractivity contribution in [1.29, 1.82) is 0 Å². The predicted octanol–water partition coefficient (Wildman–Crippen LogP) is -2.11. The summed E-state index contributed by atoms with van der Waals surface area (Å²) in [5.41, 5.74) is -0.811. The summed E-state index contributed by atoms with van der Waals surface area (Å²) >= 11 is 0. The lowest BCUT2D eigenvalue weighted by Gasteiger charge is -2.47. The van der Waals surface area contributed by atoms with Crippen LogP contribution in [0.3, 0.4) is 0 Å². The second-order valence-corrected chi connectivity index (χ2v) is 3.39. The zero-order chi connectivity index (χ0) is 10.3. The van der Waals surface area contributed by atoms with Crippen LogP contribution in [-0.2, 0) is 0 Å². The van der Waals surface area contributed by atoms with Crippen molar-refractivity contribution in [3.63, 3.8) is 0 Å². The largest absolute Gasteiger partial charge is 0.366 e. The molecule has 2 saturated heterocycles. The summed E-state index contributed by atoms with van der Waals surface area (Å²) in [4.78, 5) is 11.6. The van der Waals surface area contributed by atoms with Gasteiger partial charge >= 0.3 is 0 Å². The van der Waals surface area contributed by atoms with Crippen LogP contribution in [0.1, 0.15) is 6.42 Å². The summed E-state index contributed by atoms with van der Waals surface area (Å²) < 4.78 is 0. The Morgan fingerprint density at radius 1 is 1.71 bits per heavy atom. The van der Waals surface area contributed by atoms with Gasteiger partial charge in [-0.05, 0) is 6.42 Å². The van der Waals surface area contributed by atoms with E-state index in [0.717, 1.165) is 0 Å². The number of nitrogens with zero attached hydrogens (tertiary/aromatic N) is 3. The summed E-state index contributed by atoms with van der Waals surface area (Å²) in [6.07, 6.45) is -0.919. The van der Waals surface area contributed by atoms with E-state index in [4.69, 9.17) is 10.2 Å². The van der Waals surface area contributed by atoms with E-state index in [9.17, 15) is 10.1 Å². The minimum absolute atomic E-state index is 0.106. The molecule has 8 heteroatoms. The smallest absolute Gasteiger partial charge is 0.272 e. The van der Waals surface area contributed by atoms with E-state index >= 15 is 0 Å². The van der Waals surface area contributed by atoms with Crippen LogP contribution in [0, 0.1) is 10.1 Å². The highest BCUT2D eigenvalue weighted by atomic mass is 16.7. The van der Waals surface area contributed by atoms with Gasteiger partial charge in [-0.3, -0.25) is 0 Å². The zero-order valence-electron chi connectivity index (χ0n) is 7.25. The zero-order valence-corrected chi connectivity index (χ0v) is 7.25. The molecule has 2 aliphatic heterocycles. The van der Waals surface area contributed by atoms with Crippen LogP contribution in [0.2, 0.25) is 0 Å². The Hall–Kier alpha value is -1.41. The fourth-order valence-electron chi connectivity index (χ4n) is 1.87. The second kappa shape index (κ2) is 2.79. The van der Waals surface area contributed by atoms with Crippen molar-refractivity contribution in [1.82, 2.24) is 10.2 Å². The number of hydrogen-bond donors (Lipinski definition) is 3. The van der Waals surface area contributed by atoms with Crippen LogP contribution in [-0.4, -0.2) is 51.0 Å². The first-order valence-corrected chi connectivity index (χ1v) is 4.17. The van der Waals surface area contributed by atoms with Crippen molar-refractivity contribution < 1.29 is 15.2 Å². The number of aliphatic hydroxyl groups excluding tert-OH is 1. The monoisotopic (exact) mass is 202 g/mol. The molecule has 0 saturated carbocycles. The number of hydrazone groups is 1. The molecule has 0 aliphatic carbocycles. The number of nitrogens with one attached hydrogen (secondary N) is 1. The normalized spacial score (nSPS) is 32.8. The number of nitro groups is 1. The van der Waals surface area contributed by atoms with Gasteiger partial charge < -0.3 is 20.4 Å². The molecule has 0 radical (unpaired) electrons. The number of aliphatic hydroxyl groups is 2. The molecule has 2 heterocycles. The van der Waals surface area contributed by atoms with Gasteiger partial charge in [0.05, 0.1) is 0 Å². The molecule has 14 heavy (non-hydrogen) atoms. The van der Waals surface area contributed by atoms with Crippen LogP contribution >= 0.6 is 0 Å². The Morgan fingerprint density at radius 3 is 2.79 bits per heavy atom. The van der Waals surface area contributed by atoms with Crippen LogP contribution in [0.25, 0.3) is 0 Å². The predicted molar refractivity (Wildman–Crippen MR) is 44.7 cm³/mol. The van der Waals surface area contributed by atoms with E-state index in [1.807, 2.05) is 0 Å². The Morgan fingerprint density at radius 2 is 2.43 bits per heavy atom. The average Bonchev–Trinajstić information content (AvgIpc) is 2.22. The van der Waals surface area contributed by atoms with Crippen molar-refractivity contribution >= 4 is 5.96 Å². The molecule has 8 nitrogen and oxygen atoms in total. The molecule has 0 aromatic heterocycles. The summed E-state index contributed by atoms with van der Waals surface area (Å²) in [5, 5.41) is 33.4. The Kier molecular flexibility index (Phi) is 1.82. The number of hydrogen-bond acceptors (Lipinski definition) is 4. The molecule has 78 valence electrons. The van der Waals surface area contributed by atoms with E-state index in [-0.39, 0.29) is 12.5 Å². The lowest BCUT2D eigenvalue weighted by Crippen LogP contribution is -2.65.